The summed E-state index contributed by atoms with van der Waals surface area (Å²) in [6.07, 6.45) is 4.47. The highest BCUT2D eigenvalue weighted by Gasteiger charge is 2.42. The van der Waals surface area contributed by atoms with E-state index in [1.165, 1.54) is 33.6 Å². The van der Waals surface area contributed by atoms with Crippen molar-refractivity contribution in [2.75, 3.05) is 7.05 Å². The van der Waals surface area contributed by atoms with E-state index in [9.17, 15) is 0 Å². The van der Waals surface area contributed by atoms with Crippen LogP contribution in [0.25, 0.3) is 17.1 Å². The molecule has 2 aromatic carbocycles. The van der Waals surface area contributed by atoms with Gasteiger partial charge in [-0.3, -0.25) is 0 Å². The van der Waals surface area contributed by atoms with E-state index in [0.29, 0.717) is 0 Å². The average Bonchev–Trinajstić information content (AvgIpc) is 2.99. The smallest absolute Gasteiger partial charge is 0.209 e. The molecule has 2 heteroatoms. The Morgan fingerprint density at radius 2 is 1.71 bits per heavy atom. The molecule has 1 aromatic heterocycles. The largest absolute Gasteiger partial charge is 0.320 e. The Labute approximate surface area is 143 Å². The van der Waals surface area contributed by atoms with E-state index in [4.69, 9.17) is 0 Å². The fourth-order valence-corrected chi connectivity index (χ4v) is 3.96. The Morgan fingerprint density at radius 3 is 2.50 bits per heavy atom. The third kappa shape index (κ3) is 2.06. The van der Waals surface area contributed by atoms with Crippen LogP contribution < -0.4 is 0 Å². The van der Waals surface area contributed by atoms with Crippen molar-refractivity contribution >= 4 is 28.5 Å². The van der Waals surface area contributed by atoms with Crippen molar-refractivity contribution in [2.24, 2.45) is 0 Å². The van der Waals surface area contributed by atoms with Gasteiger partial charge in [-0.1, -0.05) is 36.4 Å². The van der Waals surface area contributed by atoms with E-state index in [-0.39, 0.29) is 5.41 Å². The molecular weight excluding hydrogens is 292 g/mol. The zero-order chi connectivity index (χ0) is 16.9. The molecule has 0 radical (unpaired) electrons. The monoisotopic (exact) mass is 315 g/mol. The van der Waals surface area contributed by atoms with Crippen LogP contribution in [-0.4, -0.2) is 21.9 Å². The maximum atomic E-state index is 2.31. The topological polar surface area (TPSA) is 7.94 Å². The number of para-hydroxylation sites is 2. The van der Waals surface area contributed by atoms with Gasteiger partial charge < -0.3 is 4.57 Å². The van der Waals surface area contributed by atoms with E-state index in [0.717, 1.165) is 0 Å². The molecule has 1 aliphatic rings. The fourth-order valence-electron chi connectivity index (χ4n) is 3.96. The number of hydrogen-bond acceptors (Lipinski definition) is 0. The van der Waals surface area contributed by atoms with Crippen molar-refractivity contribution in [1.29, 1.82) is 0 Å². The molecule has 0 saturated heterocycles. The van der Waals surface area contributed by atoms with Crippen molar-refractivity contribution < 1.29 is 4.58 Å². The highest BCUT2D eigenvalue weighted by molar-refractivity contribution is 6.04. The van der Waals surface area contributed by atoms with Crippen molar-refractivity contribution in [3.8, 4) is 0 Å². The highest BCUT2D eigenvalue weighted by atomic mass is 15.0. The number of aryl methyl sites for hydroxylation is 1. The van der Waals surface area contributed by atoms with Crippen LogP contribution in [0.15, 0.2) is 60.7 Å². The van der Waals surface area contributed by atoms with E-state index in [1.54, 1.807) is 0 Å². The summed E-state index contributed by atoms with van der Waals surface area (Å²) in [5.41, 5.74) is 6.53. The first-order valence-electron chi connectivity index (χ1n) is 8.45. The zero-order valence-corrected chi connectivity index (χ0v) is 14.7. The molecule has 0 unspecified atom stereocenters. The molecule has 2 heterocycles. The summed E-state index contributed by atoms with van der Waals surface area (Å²) in [5, 5.41) is 1.28. The van der Waals surface area contributed by atoms with Gasteiger partial charge in [-0.25, -0.2) is 0 Å². The molecule has 3 aromatic rings. The van der Waals surface area contributed by atoms with Gasteiger partial charge in [0.25, 0.3) is 0 Å². The lowest BCUT2D eigenvalue weighted by Gasteiger charge is -2.15. The standard InChI is InChI=1S/C22H23N2/c1-16-15-17-9-5-7-11-19(17)24(16)14-13-21-22(2,3)18-10-6-8-12-20(18)23(21)4/h5-15H,1-4H3/q+1. The maximum absolute atomic E-state index is 2.31. The quantitative estimate of drug-likeness (QED) is 0.580. The van der Waals surface area contributed by atoms with Gasteiger partial charge in [0.15, 0.2) is 5.71 Å². The SMILES string of the molecule is Cc1cc2ccccc2n1C=CC1=[N+](C)c2ccccc2C1(C)C. The van der Waals surface area contributed by atoms with Crippen LogP contribution in [0.5, 0.6) is 0 Å². The first kappa shape index (κ1) is 14.9. The van der Waals surface area contributed by atoms with Gasteiger partial charge >= 0.3 is 0 Å². The number of hydrogen-bond donors (Lipinski definition) is 0. The number of allylic oxidation sites excluding steroid dienone is 1. The fraction of sp³-hybridized carbons (Fsp3) is 0.227. The molecule has 0 bridgehead atoms. The molecule has 0 fully saturated rings. The minimum absolute atomic E-state index is 0.0126. The average molecular weight is 315 g/mol. The van der Waals surface area contributed by atoms with Gasteiger partial charge in [0, 0.05) is 35.0 Å². The summed E-state index contributed by atoms with van der Waals surface area (Å²) >= 11 is 0. The van der Waals surface area contributed by atoms with Crippen LogP contribution >= 0.6 is 0 Å². The summed E-state index contributed by atoms with van der Waals surface area (Å²) in [7, 11) is 2.16. The minimum atomic E-state index is 0.0126. The number of fused-ring (bicyclic) bond motifs is 2. The highest BCUT2D eigenvalue weighted by Crippen LogP contribution is 2.39. The molecule has 24 heavy (non-hydrogen) atoms. The van der Waals surface area contributed by atoms with E-state index >= 15 is 0 Å². The van der Waals surface area contributed by atoms with Gasteiger partial charge in [-0.2, -0.15) is 4.58 Å². The second-order valence-electron chi connectivity index (χ2n) is 7.12. The lowest BCUT2D eigenvalue weighted by atomic mass is 9.81. The van der Waals surface area contributed by atoms with Gasteiger partial charge in [-0.05, 0) is 32.9 Å². The molecule has 1 aliphatic heterocycles. The number of nitrogens with zero attached hydrogens (tertiary/aromatic N) is 2. The minimum Gasteiger partial charge on any atom is -0.320 e. The van der Waals surface area contributed by atoms with Crippen molar-refractivity contribution in [3.05, 3.63) is 71.9 Å². The Kier molecular flexibility index (Phi) is 3.24. The molecule has 120 valence electrons. The molecular formula is C22H23N2+. The predicted molar refractivity (Wildman–Crippen MR) is 102 cm³/mol. The molecule has 4 rings (SSSR count). The van der Waals surface area contributed by atoms with Crippen LogP contribution in [0, 0.1) is 6.92 Å². The molecule has 2 nitrogen and oxygen atoms in total. The lowest BCUT2D eigenvalue weighted by Crippen LogP contribution is -2.26. The van der Waals surface area contributed by atoms with Crippen molar-refractivity contribution in [3.63, 3.8) is 0 Å². The van der Waals surface area contributed by atoms with Crippen LogP contribution in [0.1, 0.15) is 25.1 Å². The molecule has 0 N–H and O–H groups in total. The molecule has 0 spiro atoms. The van der Waals surface area contributed by atoms with Gasteiger partial charge in [0.2, 0.25) is 5.69 Å². The second-order valence-corrected chi connectivity index (χ2v) is 7.12. The zero-order valence-electron chi connectivity index (χ0n) is 14.7. The number of rotatable bonds is 2. The Morgan fingerprint density at radius 1 is 1.00 bits per heavy atom. The van der Waals surface area contributed by atoms with E-state index < -0.39 is 0 Å². The lowest BCUT2D eigenvalue weighted by molar-refractivity contribution is -0.401. The molecule has 0 amide bonds. The van der Waals surface area contributed by atoms with Gasteiger partial charge in [0.05, 0.1) is 10.9 Å². The number of aromatic nitrogens is 1. The van der Waals surface area contributed by atoms with Gasteiger partial charge in [-0.15, -0.1) is 0 Å². The normalized spacial score (nSPS) is 16.3. The first-order chi connectivity index (χ1) is 11.5. The first-order valence-corrected chi connectivity index (χ1v) is 8.45. The van der Waals surface area contributed by atoms with Gasteiger partial charge in [0.1, 0.15) is 7.05 Å². The Balaban J connectivity index is 1.82. The van der Waals surface area contributed by atoms with E-state index in [1.807, 2.05) is 0 Å². The Bertz CT molecular complexity index is 1000. The third-order valence-corrected chi connectivity index (χ3v) is 5.26. The van der Waals surface area contributed by atoms with Crippen LogP contribution in [0.3, 0.4) is 0 Å². The third-order valence-electron chi connectivity index (χ3n) is 5.26. The molecule has 0 saturated carbocycles. The van der Waals surface area contributed by atoms with Crippen LogP contribution in [0.4, 0.5) is 5.69 Å². The Hall–Kier alpha value is -2.61. The molecule has 0 aliphatic carbocycles. The predicted octanol–water partition coefficient (Wildman–Crippen LogP) is 5.13. The summed E-state index contributed by atoms with van der Waals surface area (Å²) in [4.78, 5) is 0. The van der Waals surface area contributed by atoms with Crippen molar-refractivity contribution in [2.45, 2.75) is 26.2 Å². The second kappa shape index (κ2) is 5.20. The number of benzene rings is 2. The van der Waals surface area contributed by atoms with Crippen molar-refractivity contribution in [1.82, 2.24) is 4.57 Å². The maximum Gasteiger partial charge on any atom is 0.209 e. The molecule has 0 atom stereocenters. The van der Waals surface area contributed by atoms with Crippen LogP contribution in [0.2, 0.25) is 0 Å². The summed E-state index contributed by atoms with van der Waals surface area (Å²) in [6.45, 7) is 6.76. The van der Waals surface area contributed by atoms with E-state index in [2.05, 4.69) is 104 Å². The summed E-state index contributed by atoms with van der Waals surface area (Å²) in [5.74, 6) is 0. The summed E-state index contributed by atoms with van der Waals surface area (Å²) in [6, 6.07) is 19.5. The summed E-state index contributed by atoms with van der Waals surface area (Å²) < 4.78 is 4.59. The van der Waals surface area contributed by atoms with Crippen LogP contribution in [-0.2, 0) is 5.41 Å².